The summed E-state index contributed by atoms with van der Waals surface area (Å²) >= 11 is 0. The van der Waals surface area contributed by atoms with E-state index < -0.39 is 0 Å². The van der Waals surface area contributed by atoms with Crippen LogP contribution in [0.25, 0.3) is 0 Å². The number of morpholine rings is 1. The molecule has 1 fully saturated rings. The Labute approximate surface area is 107 Å². The van der Waals surface area contributed by atoms with Crippen LogP contribution in [0.4, 0.5) is 0 Å². The number of hydrogen-bond acceptors (Lipinski definition) is 4. The summed E-state index contributed by atoms with van der Waals surface area (Å²) in [5.41, 5.74) is -0.255. The van der Waals surface area contributed by atoms with Crippen molar-refractivity contribution in [2.24, 2.45) is 0 Å². The average Bonchev–Trinajstić information content (AvgIpc) is 2.82. The largest absolute Gasteiger partial charge is 0.372 e. The molecular weight excluding hydrogens is 232 g/mol. The molecule has 6 nitrogen and oxygen atoms in total. The molecule has 1 aromatic heterocycles. The van der Waals surface area contributed by atoms with Crippen molar-refractivity contribution in [3.8, 4) is 0 Å². The van der Waals surface area contributed by atoms with Crippen LogP contribution in [0.15, 0.2) is 12.4 Å². The number of nitrogens with zero attached hydrogens (tertiary/aromatic N) is 4. The highest BCUT2D eigenvalue weighted by Gasteiger charge is 2.33. The van der Waals surface area contributed by atoms with Gasteiger partial charge in [0.05, 0.1) is 31.0 Å². The molecule has 1 atom stereocenters. The van der Waals surface area contributed by atoms with Gasteiger partial charge in [0, 0.05) is 19.2 Å². The Morgan fingerprint density at radius 1 is 1.56 bits per heavy atom. The monoisotopic (exact) mass is 252 g/mol. The normalized spacial score (nSPS) is 23.1. The molecule has 6 heteroatoms. The second-order valence-electron chi connectivity index (χ2n) is 5.36. The third-order valence-electron chi connectivity index (χ3n) is 3.15. The number of carbonyl (C=O) groups is 1. The van der Waals surface area contributed by atoms with E-state index in [9.17, 15) is 4.79 Å². The predicted octanol–water partition coefficient (Wildman–Crippen LogP) is 0.694. The van der Waals surface area contributed by atoms with E-state index in [2.05, 4.69) is 10.3 Å². The number of amides is 1. The molecule has 2 heterocycles. The van der Waals surface area contributed by atoms with Gasteiger partial charge in [0.2, 0.25) is 5.91 Å². The van der Waals surface area contributed by atoms with Gasteiger partial charge in [-0.2, -0.15) is 0 Å². The first-order chi connectivity index (χ1) is 8.48. The Morgan fingerprint density at radius 3 is 3.00 bits per heavy atom. The zero-order chi connectivity index (χ0) is 13.2. The molecule has 1 amide bonds. The van der Waals surface area contributed by atoms with Crippen molar-refractivity contribution in [2.45, 2.75) is 45.4 Å². The molecule has 1 aromatic rings. The average molecular weight is 252 g/mol. The topological polar surface area (TPSA) is 60.2 Å². The van der Waals surface area contributed by atoms with Gasteiger partial charge < -0.3 is 9.64 Å². The molecule has 0 saturated carbocycles. The number of aromatic nitrogens is 3. The third kappa shape index (κ3) is 3.07. The van der Waals surface area contributed by atoms with Crippen LogP contribution >= 0.6 is 0 Å². The fourth-order valence-corrected chi connectivity index (χ4v) is 2.09. The first-order valence-corrected chi connectivity index (χ1v) is 6.25. The molecule has 1 aliphatic heterocycles. The Bertz CT molecular complexity index is 402. The SMILES string of the molecule is C[C@H]1COC(C)(C)CN1C(=O)CCn1ccnn1. The predicted molar refractivity (Wildman–Crippen MR) is 65.8 cm³/mol. The van der Waals surface area contributed by atoms with Gasteiger partial charge in [0.15, 0.2) is 0 Å². The molecule has 0 N–H and O–H groups in total. The lowest BCUT2D eigenvalue weighted by atomic mass is 10.0. The van der Waals surface area contributed by atoms with Crippen LogP contribution in [0.5, 0.6) is 0 Å². The van der Waals surface area contributed by atoms with E-state index in [-0.39, 0.29) is 17.6 Å². The Morgan fingerprint density at radius 2 is 2.33 bits per heavy atom. The summed E-state index contributed by atoms with van der Waals surface area (Å²) in [5.74, 6) is 0.148. The van der Waals surface area contributed by atoms with Crippen LogP contribution in [-0.2, 0) is 16.1 Å². The number of carbonyl (C=O) groups excluding carboxylic acids is 1. The maximum Gasteiger partial charge on any atom is 0.224 e. The summed E-state index contributed by atoms with van der Waals surface area (Å²) in [6, 6.07) is 0.140. The van der Waals surface area contributed by atoms with Gasteiger partial charge in [-0.05, 0) is 20.8 Å². The van der Waals surface area contributed by atoms with Crippen LogP contribution in [0.3, 0.4) is 0 Å². The molecule has 2 rings (SSSR count). The molecule has 0 radical (unpaired) electrons. The number of hydrogen-bond donors (Lipinski definition) is 0. The summed E-state index contributed by atoms with van der Waals surface area (Å²) in [6.45, 7) is 7.85. The minimum atomic E-state index is -0.255. The first-order valence-electron chi connectivity index (χ1n) is 6.25. The van der Waals surface area contributed by atoms with Crippen LogP contribution in [0, 0.1) is 0 Å². The zero-order valence-electron chi connectivity index (χ0n) is 11.2. The van der Waals surface area contributed by atoms with Crippen molar-refractivity contribution in [2.75, 3.05) is 13.2 Å². The van der Waals surface area contributed by atoms with Gasteiger partial charge in [0.1, 0.15) is 0 Å². The van der Waals surface area contributed by atoms with Crippen molar-refractivity contribution < 1.29 is 9.53 Å². The highest BCUT2D eigenvalue weighted by Crippen LogP contribution is 2.21. The molecule has 0 spiro atoms. The van der Waals surface area contributed by atoms with Crippen LogP contribution in [0.2, 0.25) is 0 Å². The molecule has 1 saturated heterocycles. The molecule has 1 aliphatic rings. The van der Waals surface area contributed by atoms with Crippen molar-refractivity contribution >= 4 is 5.91 Å². The lowest BCUT2D eigenvalue weighted by molar-refractivity contribution is -0.154. The number of aryl methyl sites for hydroxylation is 1. The van der Waals surface area contributed by atoms with Crippen molar-refractivity contribution in [3.05, 3.63) is 12.4 Å². The Kier molecular flexibility index (Phi) is 3.65. The lowest BCUT2D eigenvalue weighted by Crippen LogP contribution is -2.55. The zero-order valence-corrected chi connectivity index (χ0v) is 11.2. The van der Waals surface area contributed by atoms with Gasteiger partial charge in [-0.25, -0.2) is 0 Å². The van der Waals surface area contributed by atoms with Crippen molar-refractivity contribution in [3.63, 3.8) is 0 Å². The summed E-state index contributed by atoms with van der Waals surface area (Å²) < 4.78 is 7.36. The van der Waals surface area contributed by atoms with E-state index in [1.807, 2.05) is 25.7 Å². The van der Waals surface area contributed by atoms with Gasteiger partial charge in [-0.15, -0.1) is 5.10 Å². The second-order valence-corrected chi connectivity index (χ2v) is 5.36. The molecule has 0 bridgehead atoms. The number of rotatable bonds is 3. The Balaban J connectivity index is 1.91. The summed E-state index contributed by atoms with van der Waals surface area (Å²) in [6.07, 6.45) is 3.83. The molecule has 0 unspecified atom stereocenters. The van der Waals surface area contributed by atoms with Crippen LogP contribution in [-0.4, -0.2) is 50.6 Å². The third-order valence-corrected chi connectivity index (χ3v) is 3.15. The number of ether oxygens (including phenoxy) is 1. The van der Waals surface area contributed by atoms with Gasteiger partial charge >= 0.3 is 0 Å². The minimum Gasteiger partial charge on any atom is -0.372 e. The van der Waals surface area contributed by atoms with E-state index in [0.717, 1.165) is 0 Å². The quantitative estimate of drug-likeness (QED) is 0.794. The van der Waals surface area contributed by atoms with E-state index in [1.165, 1.54) is 0 Å². The molecule has 100 valence electrons. The van der Waals surface area contributed by atoms with E-state index in [1.54, 1.807) is 17.1 Å². The highest BCUT2D eigenvalue weighted by molar-refractivity contribution is 5.76. The molecule has 0 aliphatic carbocycles. The lowest BCUT2D eigenvalue weighted by Gasteiger charge is -2.42. The summed E-state index contributed by atoms with van der Waals surface area (Å²) in [5, 5.41) is 7.57. The fraction of sp³-hybridized carbons (Fsp3) is 0.750. The van der Waals surface area contributed by atoms with E-state index in [4.69, 9.17) is 4.74 Å². The highest BCUT2D eigenvalue weighted by atomic mass is 16.5. The minimum absolute atomic E-state index is 0.140. The fourth-order valence-electron chi connectivity index (χ4n) is 2.09. The van der Waals surface area contributed by atoms with Gasteiger partial charge in [-0.1, -0.05) is 5.21 Å². The van der Waals surface area contributed by atoms with E-state index in [0.29, 0.717) is 26.1 Å². The van der Waals surface area contributed by atoms with Crippen LogP contribution in [0.1, 0.15) is 27.2 Å². The first kappa shape index (κ1) is 13.0. The van der Waals surface area contributed by atoms with Crippen molar-refractivity contribution in [1.82, 2.24) is 19.9 Å². The van der Waals surface area contributed by atoms with Gasteiger partial charge in [-0.3, -0.25) is 9.48 Å². The Hall–Kier alpha value is -1.43. The van der Waals surface area contributed by atoms with Crippen LogP contribution < -0.4 is 0 Å². The molecule has 0 aromatic carbocycles. The van der Waals surface area contributed by atoms with Gasteiger partial charge in [0.25, 0.3) is 0 Å². The maximum atomic E-state index is 12.2. The standard InChI is InChI=1S/C12H20N4O2/c1-10-8-18-12(2,3)9-16(10)11(17)4-6-15-7-5-13-14-15/h5,7,10H,4,6,8-9H2,1-3H3/t10-/m0/s1. The second kappa shape index (κ2) is 5.06. The molecule has 18 heavy (non-hydrogen) atoms. The molecular formula is C12H20N4O2. The van der Waals surface area contributed by atoms with E-state index >= 15 is 0 Å². The maximum absolute atomic E-state index is 12.2. The summed E-state index contributed by atoms with van der Waals surface area (Å²) in [7, 11) is 0. The smallest absolute Gasteiger partial charge is 0.224 e. The summed E-state index contributed by atoms with van der Waals surface area (Å²) in [4.78, 5) is 14.1. The van der Waals surface area contributed by atoms with Crippen molar-refractivity contribution in [1.29, 1.82) is 0 Å².